The van der Waals surface area contributed by atoms with E-state index < -0.39 is 0 Å². The Hall–Kier alpha value is -2.82. The second kappa shape index (κ2) is 6.35. The van der Waals surface area contributed by atoms with E-state index in [9.17, 15) is 4.79 Å². The Balaban J connectivity index is 2.04. The van der Waals surface area contributed by atoms with Crippen molar-refractivity contribution in [2.75, 3.05) is 0 Å². The van der Waals surface area contributed by atoms with E-state index in [0.717, 1.165) is 22.7 Å². The first-order valence-corrected chi connectivity index (χ1v) is 7.97. The summed E-state index contributed by atoms with van der Waals surface area (Å²) in [6.07, 6.45) is 1.95. The summed E-state index contributed by atoms with van der Waals surface area (Å²) in [6, 6.07) is 11.1. The number of hydrogen-bond acceptors (Lipinski definition) is 4. The molecule has 0 spiro atoms. The van der Waals surface area contributed by atoms with E-state index in [1.807, 2.05) is 29.7 Å². The fourth-order valence-electron chi connectivity index (χ4n) is 2.56. The van der Waals surface area contributed by atoms with Gasteiger partial charge in [-0.25, -0.2) is 4.98 Å². The fourth-order valence-corrected chi connectivity index (χ4v) is 2.56. The number of hydrogen-bond donors (Lipinski definition) is 0. The van der Waals surface area contributed by atoms with Gasteiger partial charge in [-0.3, -0.25) is 9.20 Å². The number of Topliss-reactive ketones (excluding diaryl/α,β-unsaturated/α-hetero) is 1. The molecule has 5 nitrogen and oxygen atoms in total. The Morgan fingerprint density at radius 2 is 1.83 bits per heavy atom. The van der Waals surface area contributed by atoms with Crippen LogP contribution >= 0.6 is 0 Å². The van der Waals surface area contributed by atoms with Crippen molar-refractivity contribution in [3.05, 3.63) is 59.4 Å². The van der Waals surface area contributed by atoms with Crippen molar-refractivity contribution >= 4 is 22.9 Å². The molecular formula is C19H20N4O. The molecule has 0 saturated heterocycles. The molecule has 0 radical (unpaired) electrons. The Kier molecular flexibility index (Phi) is 4.25. The lowest BCUT2D eigenvalue weighted by Gasteiger charge is -2.02. The van der Waals surface area contributed by atoms with Gasteiger partial charge in [0.2, 0.25) is 0 Å². The van der Waals surface area contributed by atoms with E-state index in [1.165, 1.54) is 0 Å². The minimum Gasteiger partial charge on any atom is -0.295 e. The maximum atomic E-state index is 11.3. The summed E-state index contributed by atoms with van der Waals surface area (Å²) < 4.78 is 1.97. The highest BCUT2D eigenvalue weighted by molar-refractivity contribution is 5.94. The summed E-state index contributed by atoms with van der Waals surface area (Å²) in [7, 11) is 0. The van der Waals surface area contributed by atoms with Crippen LogP contribution in [0.25, 0.3) is 5.65 Å². The molecule has 0 aliphatic carbocycles. The van der Waals surface area contributed by atoms with Crippen LogP contribution in [-0.2, 0) is 0 Å². The number of nitrogens with zero attached hydrogens (tertiary/aromatic N) is 4. The number of rotatable bonds is 4. The first-order valence-electron chi connectivity index (χ1n) is 7.97. The Labute approximate surface area is 141 Å². The second-order valence-electron chi connectivity index (χ2n) is 6.16. The average molecular weight is 320 g/mol. The van der Waals surface area contributed by atoms with Crippen LogP contribution in [-0.4, -0.2) is 15.2 Å². The lowest BCUT2D eigenvalue weighted by atomic mass is 10.1. The SMILES string of the molecule is CC(=O)c1ccc(N=Nc2c(C(C)C)nc3c(C)cccn23)cc1. The molecule has 2 heterocycles. The number of benzene rings is 1. The average Bonchev–Trinajstić information content (AvgIpc) is 2.93. The molecule has 0 saturated carbocycles. The molecule has 0 aliphatic heterocycles. The third kappa shape index (κ3) is 2.97. The molecule has 0 atom stereocenters. The number of carbonyl (C=O) groups is 1. The summed E-state index contributed by atoms with van der Waals surface area (Å²) in [6.45, 7) is 7.77. The first kappa shape index (κ1) is 16.1. The van der Waals surface area contributed by atoms with Gasteiger partial charge >= 0.3 is 0 Å². The smallest absolute Gasteiger partial charge is 0.183 e. The number of imidazole rings is 1. The highest BCUT2D eigenvalue weighted by atomic mass is 16.1. The maximum absolute atomic E-state index is 11.3. The zero-order valence-corrected chi connectivity index (χ0v) is 14.3. The number of aryl methyl sites for hydroxylation is 1. The van der Waals surface area contributed by atoms with Crippen molar-refractivity contribution in [2.45, 2.75) is 33.6 Å². The summed E-state index contributed by atoms with van der Waals surface area (Å²) in [5, 5.41) is 8.77. The van der Waals surface area contributed by atoms with Crippen LogP contribution < -0.4 is 0 Å². The fraction of sp³-hybridized carbons (Fsp3) is 0.263. The molecule has 0 fully saturated rings. The molecule has 122 valence electrons. The van der Waals surface area contributed by atoms with Gasteiger partial charge in [-0.1, -0.05) is 19.9 Å². The van der Waals surface area contributed by atoms with Crippen LogP contribution in [0.1, 0.15) is 48.3 Å². The number of fused-ring (bicyclic) bond motifs is 1. The van der Waals surface area contributed by atoms with Crippen molar-refractivity contribution in [3.8, 4) is 0 Å². The van der Waals surface area contributed by atoms with Gasteiger partial charge in [-0.2, -0.15) is 0 Å². The van der Waals surface area contributed by atoms with Crippen LogP contribution in [0, 0.1) is 6.92 Å². The molecule has 2 aromatic heterocycles. The largest absolute Gasteiger partial charge is 0.295 e. The summed E-state index contributed by atoms with van der Waals surface area (Å²) >= 11 is 0. The van der Waals surface area contributed by atoms with Gasteiger partial charge in [0, 0.05) is 11.8 Å². The third-order valence-corrected chi connectivity index (χ3v) is 3.93. The lowest BCUT2D eigenvalue weighted by molar-refractivity contribution is 0.101. The molecule has 0 unspecified atom stereocenters. The van der Waals surface area contributed by atoms with E-state index in [2.05, 4.69) is 24.1 Å². The van der Waals surface area contributed by atoms with E-state index in [-0.39, 0.29) is 11.7 Å². The van der Waals surface area contributed by atoms with Gasteiger partial charge in [-0.05, 0) is 55.7 Å². The predicted octanol–water partition coefficient (Wildman–Crippen LogP) is 5.38. The number of ketones is 1. The number of pyridine rings is 1. The van der Waals surface area contributed by atoms with Crippen LogP contribution in [0.3, 0.4) is 0 Å². The topological polar surface area (TPSA) is 59.1 Å². The van der Waals surface area contributed by atoms with Crippen molar-refractivity contribution in [1.29, 1.82) is 0 Å². The molecule has 24 heavy (non-hydrogen) atoms. The summed E-state index contributed by atoms with van der Waals surface area (Å²) in [4.78, 5) is 16.1. The molecule has 3 aromatic rings. The minimum atomic E-state index is 0.0397. The number of carbonyl (C=O) groups excluding carboxylic acids is 1. The number of aromatic nitrogens is 2. The minimum absolute atomic E-state index is 0.0397. The zero-order valence-electron chi connectivity index (χ0n) is 14.3. The van der Waals surface area contributed by atoms with Crippen molar-refractivity contribution in [1.82, 2.24) is 9.38 Å². The molecule has 0 N–H and O–H groups in total. The number of azo groups is 1. The molecule has 0 aliphatic rings. The Bertz CT molecular complexity index is 920. The van der Waals surface area contributed by atoms with Gasteiger partial charge in [0.15, 0.2) is 11.6 Å². The highest BCUT2D eigenvalue weighted by Crippen LogP contribution is 2.30. The molecular weight excluding hydrogens is 300 g/mol. The zero-order chi connectivity index (χ0) is 17.3. The molecule has 3 rings (SSSR count). The van der Waals surface area contributed by atoms with Gasteiger partial charge in [0.05, 0.1) is 11.4 Å². The molecule has 1 aromatic carbocycles. The van der Waals surface area contributed by atoms with Crippen molar-refractivity contribution < 1.29 is 4.79 Å². The molecule has 5 heteroatoms. The van der Waals surface area contributed by atoms with Crippen molar-refractivity contribution in [3.63, 3.8) is 0 Å². The quantitative estimate of drug-likeness (QED) is 0.478. The maximum Gasteiger partial charge on any atom is 0.183 e. The van der Waals surface area contributed by atoms with Gasteiger partial charge in [-0.15, -0.1) is 10.2 Å². The van der Waals surface area contributed by atoms with E-state index in [1.54, 1.807) is 31.2 Å². The third-order valence-electron chi connectivity index (χ3n) is 3.93. The van der Waals surface area contributed by atoms with Gasteiger partial charge < -0.3 is 0 Å². The normalized spacial score (nSPS) is 11.7. The van der Waals surface area contributed by atoms with Crippen molar-refractivity contribution in [2.24, 2.45) is 10.2 Å². The summed E-state index contributed by atoms with van der Waals surface area (Å²) in [5.41, 5.74) is 4.31. The van der Waals surface area contributed by atoms with E-state index in [4.69, 9.17) is 4.98 Å². The Morgan fingerprint density at radius 1 is 1.12 bits per heavy atom. The van der Waals surface area contributed by atoms with Gasteiger partial charge in [0.25, 0.3) is 0 Å². The van der Waals surface area contributed by atoms with Crippen LogP contribution in [0.2, 0.25) is 0 Å². The monoisotopic (exact) mass is 320 g/mol. The van der Waals surface area contributed by atoms with E-state index in [0.29, 0.717) is 11.3 Å². The van der Waals surface area contributed by atoms with Gasteiger partial charge in [0.1, 0.15) is 5.65 Å². The van der Waals surface area contributed by atoms with E-state index >= 15 is 0 Å². The molecule has 0 amide bonds. The first-order chi connectivity index (χ1) is 11.5. The van der Waals surface area contributed by atoms with Crippen LogP contribution in [0.15, 0.2) is 52.8 Å². The summed E-state index contributed by atoms with van der Waals surface area (Å²) in [5.74, 6) is 1.04. The standard InChI is InChI=1S/C19H20N4O/c1-12(2)17-19(23-11-5-6-13(3)18(23)20-17)22-21-16-9-7-15(8-10-16)14(4)24/h5-12H,1-4H3. The molecule has 0 bridgehead atoms. The predicted molar refractivity (Wildman–Crippen MR) is 94.6 cm³/mol. The lowest BCUT2D eigenvalue weighted by Crippen LogP contribution is -1.89. The van der Waals surface area contributed by atoms with Crippen LogP contribution in [0.4, 0.5) is 11.5 Å². The van der Waals surface area contributed by atoms with Crippen LogP contribution in [0.5, 0.6) is 0 Å². The second-order valence-corrected chi connectivity index (χ2v) is 6.16. The highest BCUT2D eigenvalue weighted by Gasteiger charge is 2.15. The Morgan fingerprint density at radius 3 is 2.46 bits per heavy atom.